The van der Waals surface area contributed by atoms with E-state index in [1.54, 1.807) is 0 Å². The van der Waals surface area contributed by atoms with E-state index in [1.807, 2.05) is 0 Å². The number of carbonyl (C=O) groups is 1. The molecular formula is C15H21N3O2. The van der Waals surface area contributed by atoms with Crippen LogP contribution in [0.25, 0.3) is 0 Å². The molecule has 3 N–H and O–H groups in total. The second-order valence-electron chi connectivity index (χ2n) is 4.95. The zero-order chi connectivity index (χ0) is 14.4. The summed E-state index contributed by atoms with van der Waals surface area (Å²) < 4.78 is 0. The number of nitrogens with zero attached hydrogens (tertiary/aromatic N) is 1. The van der Waals surface area contributed by atoms with Crippen molar-refractivity contribution in [3.63, 3.8) is 0 Å². The predicted molar refractivity (Wildman–Crippen MR) is 80.3 cm³/mol. The van der Waals surface area contributed by atoms with Crippen LogP contribution in [0.5, 0.6) is 0 Å². The molecule has 1 aromatic carbocycles. The van der Waals surface area contributed by atoms with Crippen molar-refractivity contribution in [2.24, 2.45) is 4.99 Å². The van der Waals surface area contributed by atoms with E-state index < -0.39 is 5.97 Å². The van der Waals surface area contributed by atoms with E-state index in [4.69, 9.17) is 9.90 Å². The summed E-state index contributed by atoms with van der Waals surface area (Å²) in [5, 5.41) is 14.1. The molecule has 5 heteroatoms. The van der Waals surface area contributed by atoms with E-state index in [2.05, 4.69) is 33.8 Å². The fourth-order valence-electron chi connectivity index (χ4n) is 2.51. The Labute approximate surface area is 119 Å². The van der Waals surface area contributed by atoms with Gasteiger partial charge in [-0.15, -0.1) is 0 Å². The Morgan fingerprint density at radius 1 is 1.35 bits per heavy atom. The summed E-state index contributed by atoms with van der Waals surface area (Å²) in [6, 6.07) is 6.55. The van der Waals surface area contributed by atoms with Crippen LogP contribution in [0.3, 0.4) is 0 Å². The van der Waals surface area contributed by atoms with Crippen molar-refractivity contribution in [2.45, 2.75) is 32.6 Å². The number of aliphatic carboxylic acids is 1. The smallest absolute Gasteiger partial charge is 0.300 e. The lowest BCUT2D eigenvalue weighted by molar-refractivity contribution is -0.134. The van der Waals surface area contributed by atoms with Gasteiger partial charge in [-0.3, -0.25) is 9.79 Å². The number of nitrogens with one attached hydrogen (secondary N) is 2. The second kappa shape index (κ2) is 6.93. The first-order valence-electron chi connectivity index (χ1n) is 7.02. The first-order valence-corrected chi connectivity index (χ1v) is 7.02. The number of carboxylic acids is 1. The van der Waals surface area contributed by atoms with Gasteiger partial charge in [-0.2, -0.15) is 0 Å². The monoisotopic (exact) mass is 275 g/mol. The molecule has 0 aromatic heterocycles. The molecule has 0 unspecified atom stereocenters. The van der Waals surface area contributed by atoms with Crippen LogP contribution in [0.4, 0.5) is 5.69 Å². The van der Waals surface area contributed by atoms with Crippen LogP contribution in [0.15, 0.2) is 23.2 Å². The molecule has 1 aliphatic heterocycles. The van der Waals surface area contributed by atoms with Gasteiger partial charge in [0.15, 0.2) is 5.96 Å². The molecule has 1 heterocycles. The van der Waals surface area contributed by atoms with Crippen LogP contribution in [-0.2, 0) is 17.6 Å². The molecule has 1 aliphatic carbocycles. The molecule has 2 aliphatic rings. The molecule has 5 nitrogen and oxygen atoms in total. The molecule has 108 valence electrons. The topological polar surface area (TPSA) is 73.7 Å². The van der Waals surface area contributed by atoms with Crippen LogP contribution < -0.4 is 10.6 Å². The number of carboxylic acid groups (broad SMARTS) is 1. The van der Waals surface area contributed by atoms with Crippen LogP contribution in [0.1, 0.15) is 30.9 Å². The molecule has 1 aromatic rings. The average Bonchev–Trinajstić information content (AvgIpc) is 2.91. The minimum Gasteiger partial charge on any atom is -0.481 e. The maximum atomic E-state index is 9.00. The Morgan fingerprint density at radius 3 is 2.80 bits per heavy atom. The van der Waals surface area contributed by atoms with E-state index in [-0.39, 0.29) is 0 Å². The summed E-state index contributed by atoms with van der Waals surface area (Å²) in [5.74, 6) is 0.0963. The number of fused-ring (bicyclic) bond motifs is 1. The third kappa shape index (κ3) is 3.98. The lowest BCUT2D eigenvalue weighted by Crippen LogP contribution is -2.27. The highest BCUT2D eigenvalue weighted by Gasteiger charge is 2.14. The van der Waals surface area contributed by atoms with Crippen LogP contribution in [0, 0.1) is 0 Å². The number of anilines is 1. The van der Waals surface area contributed by atoms with Gasteiger partial charge in [0, 0.05) is 19.2 Å². The van der Waals surface area contributed by atoms with E-state index >= 15 is 0 Å². The lowest BCUT2D eigenvalue weighted by atomic mass is 9.90. The molecule has 0 spiro atoms. The fourth-order valence-corrected chi connectivity index (χ4v) is 2.51. The van der Waals surface area contributed by atoms with Gasteiger partial charge in [0.25, 0.3) is 5.97 Å². The summed E-state index contributed by atoms with van der Waals surface area (Å²) in [6.07, 6.45) is 5.07. The number of aliphatic imine (C=N–C) groups is 1. The Kier molecular flexibility index (Phi) is 4.98. The van der Waals surface area contributed by atoms with E-state index in [0.717, 1.165) is 26.0 Å². The highest BCUT2D eigenvalue weighted by molar-refractivity contribution is 5.95. The molecule has 0 amide bonds. The number of hydrogen-bond donors (Lipinski definition) is 3. The standard InChI is InChI=1S/C13H17N3.C2H4O2/c1-2-6-11-10(4-1)5-3-7-12(11)16-13-14-8-9-15-13;1-2(3)4/h3,5,7H,1-2,4,6,8-9H2,(H2,14,15,16);1H3,(H,3,4). The number of rotatable bonds is 1. The third-order valence-corrected chi connectivity index (χ3v) is 3.32. The highest BCUT2D eigenvalue weighted by atomic mass is 16.4. The Morgan fingerprint density at radius 2 is 2.10 bits per heavy atom. The minimum atomic E-state index is -0.833. The molecule has 0 radical (unpaired) electrons. The van der Waals surface area contributed by atoms with Gasteiger partial charge in [0.05, 0.1) is 6.54 Å². The first-order chi connectivity index (χ1) is 9.66. The van der Waals surface area contributed by atoms with Crippen molar-refractivity contribution in [1.29, 1.82) is 0 Å². The van der Waals surface area contributed by atoms with E-state index in [0.29, 0.717) is 0 Å². The molecule has 3 rings (SSSR count). The van der Waals surface area contributed by atoms with Crippen LogP contribution in [-0.4, -0.2) is 30.1 Å². The molecule has 0 saturated carbocycles. The quantitative estimate of drug-likeness (QED) is 0.733. The molecule has 0 atom stereocenters. The summed E-state index contributed by atoms with van der Waals surface area (Å²) in [6.45, 7) is 2.93. The Bertz CT molecular complexity index is 508. The van der Waals surface area contributed by atoms with Gasteiger partial charge in [0.2, 0.25) is 0 Å². The summed E-state index contributed by atoms with van der Waals surface area (Å²) in [7, 11) is 0. The number of guanidine groups is 1. The Hall–Kier alpha value is -2.04. The van der Waals surface area contributed by atoms with Crippen LogP contribution in [0.2, 0.25) is 0 Å². The van der Waals surface area contributed by atoms with Crippen molar-refractivity contribution >= 4 is 17.6 Å². The van der Waals surface area contributed by atoms with Gasteiger partial charge < -0.3 is 15.7 Å². The molecule has 20 heavy (non-hydrogen) atoms. The first kappa shape index (κ1) is 14.4. The largest absolute Gasteiger partial charge is 0.481 e. The maximum absolute atomic E-state index is 9.00. The van der Waals surface area contributed by atoms with Crippen molar-refractivity contribution in [3.8, 4) is 0 Å². The van der Waals surface area contributed by atoms with Gasteiger partial charge in [-0.1, -0.05) is 12.1 Å². The second-order valence-corrected chi connectivity index (χ2v) is 4.95. The molecular weight excluding hydrogens is 254 g/mol. The molecule has 0 bridgehead atoms. The average molecular weight is 275 g/mol. The van der Waals surface area contributed by atoms with E-state index in [1.165, 1.54) is 42.5 Å². The van der Waals surface area contributed by atoms with Crippen molar-refractivity contribution < 1.29 is 9.90 Å². The number of benzene rings is 1. The highest BCUT2D eigenvalue weighted by Crippen LogP contribution is 2.27. The SMILES string of the molecule is CC(=O)O.c1cc2c(c(NC3=NCCN3)c1)CCCC2. The summed E-state index contributed by atoms with van der Waals surface area (Å²) >= 11 is 0. The maximum Gasteiger partial charge on any atom is 0.300 e. The minimum absolute atomic E-state index is 0.833. The van der Waals surface area contributed by atoms with Gasteiger partial charge in [-0.05, 0) is 42.9 Å². The van der Waals surface area contributed by atoms with Crippen LogP contribution >= 0.6 is 0 Å². The van der Waals surface area contributed by atoms with Crippen molar-refractivity contribution in [1.82, 2.24) is 5.32 Å². The number of hydrogen-bond acceptors (Lipinski definition) is 4. The predicted octanol–water partition coefficient (Wildman–Crippen LogP) is 2.03. The van der Waals surface area contributed by atoms with Gasteiger partial charge >= 0.3 is 0 Å². The zero-order valence-corrected chi connectivity index (χ0v) is 11.8. The zero-order valence-electron chi connectivity index (χ0n) is 11.8. The normalized spacial score (nSPS) is 16.1. The number of aryl methyl sites for hydroxylation is 1. The fraction of sp³-hybridized carbons (Fsp3) is 0.467. The van der Waals surface area contributed by atoms with Gasteiger partial charge in [-0.25, -0.2) is 0 Å². The van der Waals surface area contributed by atoms with E-state index in [9.17, 15) is 0 Å². The van der Waals surface area contributed by atoms with Crippen molar-refractivity contribution in [3.05, 3.63) is 29.3 Å². The lowest BCUT2D eigenvalue weighted by Gasteiger charge is -2.20. The summed E-state index contributed by atoms with van der Waals surface area (Å²) in [4.78, 5) is 13.4. The molecule has 0 saturated heterocycles. The summed E-state index contributed by atoms with van der Waals surface area (Å²) in [5.41, 5.74) is 4.24. The Balaban J connectivity index is 0.000000328. The molecule has 0 fully saturated rings. The van der Waals surface area contributed by atoms with Gasteiger partial charge in [0.1, 0.15) is 0 Å². The third-order valence-electron chi connectivity index (χ3n) is 3.32. The van der Waals surface area contributed by atoms with Crippen molar-refractivity contribution in [2.75, 3.05) is 18.4 Å².